The summed E-state index contributed by atoms with van der Waals surface area (Å²) in [6, 6.07) is 5.63. The van der Waals surface area contributed by atoms with E-state index in [1.807, 2.05) is 25.1 Å². The van der Waals surface area contributed by atoms with Crippen LogP contribution in [0.3, 0.4) is 0 Å². The molecule has 0 bridgehead atoms. The molecular formula is C16H17N3O4S. The number of thiazole rings is 1. The lowest BCUT2D eigenvalue weighted by atomic mass is 10.2. The highest BCUT2D eigenvalue weighted by Gasteiger charge is 2.20. The summed E-state index contributed by atoms with van der Waals surface area (Å²) < 4.78 is 10.7. The molecule has 0 unspecified atom stereocenters. The van der Waals surface area contributed by atoms with Crippen molar-refractivity contribution in [2.45, 2.75) is 20.4 Å². The van der Waals surface area contributed by atoms with Gasteiger partial charge in [-0.2, -0.15) is 0 Å². The van der Waals surface area contributed by atoms with Crippen LogP contribution in [0.15, 0.2) is 23.6 Å². The van der Waals surface area contributed by atoms with Gasteiger partial charge in [-0.25, -0.2) is 4.98 Å². The van der Waals surface area contributed by atoms with Gasteiger partial charge in [-0.05, 0) is 24.6 Å². The van der Waals surface area contributed by atoms with Gasteiger partial charge in [-0.1, -0.05) is 6.07 Å². The molecule has 0 aliphatic carbocycles. The minimum atomic E-state index is -0.212. The Labute approximate surface area is 143 Å². The summed E-state index contributed by atoms with van der Waals surface area (Å²) in [6.45, 7) is 4.52. The highest BCUT2D eigenvalue weighted by molar-refractivity contribution is 7.14. The topological polar surface area (TPSA) is 80.8 Å². The summed E-state index contributed by atoms with van der Waals surface area (Å²) in [5.41, 5.74) is 1.28. The van der Waals surface area contributed by atoms with Crippen molar-refractivity contribution in [1.82, 2.24) is 9.88 Å². The van der Waals surface area contributed by atoms with Crippen molar-refractivity contribution < 1.29 is 19.1 Å². The average Bonchev–Trinajstić information content (AvgIpc) is 3.20. The Kier molecular flexibility index (Phi) is 4.66. The summed E-state index contributed by atoms with van der Waals surface area (Å²) >= 11 is 1.23. The first-order valence-electron chi connectivity index (χ1n) is 7.47. The molecule has 8 heteroatoms. The number of hydrogen-bond donors (Lipinski definition) is 1. The number of aromatic nitrogens is 1. The summed E-state index contributed by atoms with van der Waals surface area (Å²) in [7, 11) is 0. The molecule has 2 amide bonds. The van der Waals surface area contributed by atoms with E-state index in [0.29, 0.717) is 35.4 Å². The summed E-state index contributed by atoms with van der Waals surface area (Å²) in [6.07, 6.45) is 0. The van der Waals surface area contributed by atoms with Crippen molar-refractivity contribution in [3.8, 4) is 11.5 Å². The highest BCUT2D eigenvalue weighted by atomic mass is 32.1. The van der Waals surface area contributed by atoms with Crippen molar-refractivity contribution in [2.24, 2.45) is 0 Å². The fourth-order valence-electron chi connectivity index (χ4n) is 2.33. The van der Waals surface area contributed by atoms with Gasteiger partial charge in [-0.15, -0.1) is 11.3 Å². The van der Waals surface area contributed by atoms with Crippen molar-refractivity contribution in [3.63, 3.8) is 0 Å². The van der Waals surface area contributed by atoms with Crippen LogP contribution in [-0.2, 0) is 11.3 Å². The van der Waals surface area contributed by atoms with E-state index < -0.39 is 0 Å². The number of nitrogens with one attached hydrogen (secondary N) is 1. The Morgan fingerprint density at radius 3 is 2.88 bits per heavy atom. The van der Waals surface area contributed by atoms with E-state index in [1.54, 1.807) is 10.3 Å². The Morgan fingerprint density at radius 1 is 1.33 bits per heavy atom. The first-order valence-corrected chi connectivity index (χ1v) is 8.35. The number of benzene rings is 1. The molecule has 1 aromatic carbocycles. The number of fused-ring (bicyclic) bond motifs is 1. The minimum absolute atomic E-state index is 0.178. The number of amides is 2. The monoisotopic (exact) mass is 347 g/mol. The van der Waals surface area contributed by atoms with Gasteiger partial charge in [0.1, 0.15) is 5.69 Å². The summed E-state index contributed by atoms with van der Waals surface area (Å²) in [5, 5.41) is 4.65. The lowest BCUT2D eigenvalue weighted by molar-refractivity contribution is -0.114. The standard InChI is InChI=1S/C16H17N3O4S/c1-3-19(7-11-4-5-13-14(6-11)23-9-22-13)15(21)12-8-24-16(18-12)17-10(2)20/h4-6,8H,3,7,9H2,1-2H3,(H,17,18,20). The third kappa shape index (κ3) is 3.48. The molecule has 0 spiro atoms. The van der Waals surface area contributed by atoms with Crippen LogP contribution in [0, 0.1) is 0 Å². The molecule has 7 nitrogen and oxygen atoms in total. The van der Waals surface area contributed by atoms with Crippen molar-refractivity contribution in [1.29, 1.82) is 0 Å². The quantitative estimate of drug-likeness (QED) is 0.899. The summed E-state index contributed by atoms with van der Waals surface area (Å²) in [4.78, 5) is 29.5. The van der Waals surface area contributed by atoms with Crippen LogP contribution in [0.4, 0.5) is 5.13 Å². The molecule has 1 aliphatic rings. The zero-order valence-electron chi connectivity index (χ0n) is 13.4. The van der Waals surface area contributed by atoms with E-state index in [0.717, 1.165) is 5.56 Å². The lowest BCUT2D eigenvalue weighted by Gasteiger charge is -2.20. The SMILES string of the molecule is CCN(Cc1ccc2c(c1)OCO2)C(=O)c1csc(NC(C)=O)n1. The minimum Gasteiger partial charge on any atom is -0.454 e. The molecule has 0 atom stereocenters. The van der Waals surface area contributed by atoms with Crippen LogP contribution in [0.2, 0.25) is 0 Å². The van der Waals surface area contributed by atoms with Crippen LogP contribution in [0.1, 0.15) is 29.9 Å². The second-order valence-corrected chi connectivity index (χ2v) is 6.08. The molecule has 1 aliphatic heterocycles. The second-order valence-electron chi connectivity index (χ2n) is 5.23. The van der Waals surface area contributed by atoms with Crippen LogP contribution >= 0.6 is 11.3 Å². The molecule has 0 saturated carbocycles. The normalized spacial score (nSPS) is 12.1. The van der Waals surface area contributed by atoms with E-state index >= 15 is 0 Å². The zero-order chi connectivity index (χ0) is 17.1. The van der Waals surface area contributed by atoms with Gasteiger partial charge in [-0.3, -0.25) is 9.59 Å². The number of rotatable bonds is 5. The van der Waals surface area contributed by atoms with E-state index in [1.165, 1.54) is 18.3 Å². The van der Waals surface area contributed by atoms with Gasteiger partial charge in [0.05, 0.1) is 0 Å². The molecular weight excluding hydrogens is 330 g/mol. The number of carbonyl (C=O) groups is 2. The number of anilines is 1. The molecule has 2 aromatic rings. The molecule has 1 N–H and O–H groups in total. The maximum Gasteiger partial charge on any atom is 0.273 e. The smallest absolute Gasteiger partial charge is 0.273 e. The molecule has 3 rings (SSSR count). The number of nitrogens with zero attached hydrogens (tertiary/aromatic N) is 2. The fourth-order valence-corrected chi connectivity index (χ4v) is 3.06. The van der Waals surface area contributed by atoms with Crippen LogP contribution in [-0.4, -0.2) is 35.0 Å². The fraction of sp³-hybridized carbons (Fsp3) is 0.312. The van der Waals surface area contributed by atoms with E-state index in [4.69, 9.17) is 9.47 Å². The first kappa shape index (κ1) is 16.3. The van der Waals surface area contributed by atoms with E-state index in [9.17, 15) is 9.59 Å². The molecule has 24 heavy (non-hydrogen) atoms. The Morgan fingerprint density at radius 2 is 2.12 bits per heavy atom. The van der Waals surface area contributed by atoms with E-state index in [2.05, 4.69) is 10.3 Å². The molecule has 0 saturated heterocycles. The van der Waals surface area contributed by atoms with Gasteiger partial charge in [0.15, 0.2) is 16.6 Å². The van der Waals surface area contributed by atoms with Crippen molar-refractivity contribution in [3.05, 3.63) is 34.8 Å². The molecule has 2 heterocycles. The third-order valence-corrected chi connectivity index (χ3v) is 4.24. The predicted octanol–water partition coefficient (Wildman–Crippen LogP) is 2.49. The maximum atomic E-state index is 12.6. The number of hydrogen-bond acceptors (Lipinski definition) is 6. The largest absolute Gasteiger partial charge is 0.454 e. The first-order chi connectivity index (χ1) is 11.6. The predicted molar refractivity (Wildman–Crippen MR) is 89.4 cm³/mol. The average molecular weight is 347 g/mol. The lowest BCUT2D eigenvalue weighted by Crippen LogP contribution is -2.30. The van der Waals surface area contributed by atoms with Crippen LogP contribution < -0.4 is 14.8 Å². The second kappa shape index (κ2) is 6.88. The van der Waals surface area contributed by atoms with E-state index in [-0.39, 0.29) is 18.6 Å². The van der Waals surface area contributed by atoms with Crippen molar-refractivity contribution >= 4 is 28.3 Å². The highest BCUT2D eigenvalue weighted by Crippen LogP contribution is 2.32. The molecule has 0 radical (unpaired) electrons. The van der Waals surface area contributed by atoms with Gasteiger partial charge >= 0.3 is 0 Å². The summed E-state index contributed by atoms with van der Waals surface area (Å²) in [5.74, 6) is 1.02. The van der Waals surface area contributed by atoms with Crippen molar-refractivity contribution in [2.75, 3.05) is 18.7 Å². The Hall–Kier alpha value is -2.61. The number of carbonyl (C=O) groups excluding carboxylic acids is 2. The van der Waals surface area contributed by atoms with Gasteiger partial charge in [0.25, 0.3) is 5.91 Å². The number of ether oxygens (including phenoxy) is 2. The third-order valence-electron chi connectivity index (χ3n) is 3.49. The Balaban J connectivity index is 1.72. The Bertz CT molecular complexity index is 774. The zero-order valence-corrected chi connectivity index (χ0v) is 14.2. The molecule has 126 valence electrons. The van der Waals surface area contributed by atoms with Gasteiger partial charge < -0.3 is 19.7 Å². The maximum absolute atomic E-state index is 12.6. The molecule has 1 aromatic heterocycles. The van der Waals surface area contributed by atoms with Gasteiger partial charge in [0, 0.05) is 25.4 Å². The van der Waals surface area contributed by atoms with Gasteiger partial charge in [0.2, 0.25) is 12.7 Å². The van der Waals surface area contributed by atoms with Crippen LogP contribution in [0.25, 0.3) is 0 Å². The van der Waals surface area contributed by atoms with Crippen LogP contribution in [0.5, 0.6) is 11.5 Å². The molecule has 0 fully saturated rings.